The van der Waals surface area contributed by atoms with Gasteiger partial charge in [0.15, 0.2) is 0 Å². The molecule has 0 aliphatic rings. The summed E-state index contributed by atoms with van der Waals surface area (Å²) in [5.41, 5.74) is 12.9. The van der Waals surface area contributed by atoms with Crippen molar-refractivity contribution >= 4 is 5.91 Å². The molecule has 4 N–H and O–H groups in total. The van der Waals surface area contributed by atoms with Crippen LogP contribution in [0.1, 0.15) is 23.6 Å². The monoisotopic (exact) mass is 178 g/mol. The molecule has 0 fully saturated rings. The van der Waals surface area contributed by atoms with Crippen molar-refractivity contribution in [2.45, 2.75) is 19.4 Å². The van der Waals surface area contributed by atoms with Crippen LogP contribution in [0.3, 0.4) is 0 Å². The maximum Gasteiger partial charge on any atom is 0.219 e. The first-order valence-corrected chi connectivity index (χ1v) is 4.20. The van der Waals surface area contributed by atoms with Crippen LogP contribution in [0.15, 0.2) is 24.3 Å². The normalized spacial score (nSPS) is 12.5. The second kappa shape index (κ2) is 4.05. The summed E-state index contributed by atoms with van der Waals surface area (Å²) in [7, 11) is 0. The second-order valence-electron chi connectivity index (χ2n) is 3.19. The fourth-order valence-corrected chi connectivity index (χ4v) is 1.15. The van der Waals surface area contributed by atoms with Crippen LogP contribution in [0.5, 0.6) is 0 Å². The van der Waals surface area contributed by atoms with E-state index in [0.717, 1.165) is 5.56 Å². The number of hydrogen-bond donors (Lipinski definition) is 2. The van der Waals surface area contributed by atoms with Gasteiger partial charge >= 0.3 is 0 Å². The van der Waals surface area contributed by atoms with Gasteiger partial charge in [0.2, 0.25) is 5.91 Å². The predicted molar refractivity (Wildman–Crippen MR) is 51.9 cm³/mol. The van der Waals surface area contributed by atoms with Gasteiger partial charge in [0.25, 0.3) is 0 Å². The summed E-state index contributed by atoms with van der Waals surface area (Å²) >= 11 is 0. The van der Waals surface area contributed by atoms with Gasteiger partial charge in [-0.3, -0.25) is 4.79 Å². The molecule has 1 atom stereocenters. The number of amides is 1. The number of benzene rings is 1. The van der Waals surface area contributed by atoms with Crippen LogP contribution in [0.4, 0.5) is 0 Å². The molecule has 0 aliphatic carbocycles. The summed E-state index contributed by atoms with van der Waals surface area (Å²) in [4.78, 5) is 10.6. The largest absolute Gasteiger partial charge is 0.370 e. The average molecular weight is 178 g/mol. The molecular formula is C10H14N2O. The fourth-order valence-electron chi connectivity index (χ4n) is 1.15. The number of aryl methyl sites for hydroxylation is 1. The van der Waals surface area contributed by atoms with Crippen LogP contribution < -0.4 is 11.5 Å². The number of nitrogens with two attached hydrogens (primary N) is 2. The maximum absolute atomic E-state index is 10.6. The smallest absolute Gasteiger partial charge is 0.219 e. The number of carbonyl (C=O) groups is 1. The number of hydrogen-bond acceptors (Lipinski definition) is 2. The quantitative estimate of drug-likeness (QED) is 0.721. The van der Waals surface area contributed by atoms with Crippen molar-refractivity contribution in [3.05, 3.63) is 35.4 Å². The van der Waals surface area contributed by atoms with Crippen molar-refractivity contribution < 1.29 is 4.79 Å². The molecule has 70 valence electrons. The Morgan fingerprint density at radius 2 is 1.92 bits per heavy atom. The predicted octanol–water partition coefficient (Wildman–Crippen LogP) is 0.870. The minimum Gasteiger partial charge on any atom is -0.370 e. The molecule has 1 amide bonds. The Hall–Kier alpha value is -1.35. The zero-order chi connectivity index (χ0) is 9.84. The highest BCUT2D eigenvalue weighted by Gasteiger charge is 2.07. The average Bonchev–Trinajstić information content (AvgIpc) is 2.04. The van der Waals surface area contributed by atoms with Crippen molar-refractivity contribution in [3.63, 3.8) is 0 Å². The lowest BCUT2D eigenvalue weighted by Crippen LogP contribution is -2.20. The molecule has 0 bridgehead atoms. The van der Waals surface area contributed by atoms with E-state index >= 15 is 0 Å². The summed E-state index contributed by atoms with van der Waals surface area (Å²) in [5.74, 6) is -0.368. The van der Waals surface area contributed by atoms with Gasteiger partial charge in [-0.2, -0.15) is 0 Å². The minimum atomic E-state index is -0.368. The van der Waals surface area contributed by atoms with Crippen LogP contribution in [0.2, 0.25) is 0 Å². The zero-order valence-electron chi connectivity index (χ0n) is 7.66. The molecule has 0 radical (unpaired) electrons. The molecule has 1 aromatic carbocycles. The lowest BCUT2D eigenvalue weighted by molar-refractivity contribution is -0.118. The van der Waals surface area contributed by atoms with Gasteiger partial charge in [-0.25, -0.2) is 0 Å². The first-order chi connectivity index (χ1) is 6.09. The van der Waals surface area contributed by atoms with Crippen LogP contribution in [0, 0.1) is 6.92 Å². The van der Waals surface area contributed by atoms with Gasteiger partial charge in [-0.1, -0.05) is 29.8 Å². The molecule has 1 aromatic rings. The summed E-state index contributed by atoms with van der Waals surface area (Å²) in [5, 5.41) is 0. The Balaban J connectivity index is 2.71. The zero-order valence-corrected chi connectivity index (χ0v) is 7.66. The molecule has 13 heavy (non-hydrogen) atoms. The number of primary amides is 1. The standard InChI is InChI=1S/C10H14N2O/c1-7-2-4-8(5-3-7)9(11)6-10(12)13/h2-5,9H,6,11H2,1H3,(H2,12,13). The lowest BCUT2D eigenvalue weighted by Gasteiger charge is -2.09. The van der Waals surface area contributed by atoms with Gasteiger partial charge < -0.3 is 11.5 Å². The van der Waals surface area contributed by atoms with Crippen LogP contribution in [0.25, 0.3) is 0 Å². The Morgan fingerprint density at radius 3 is 2.38 bits per heavy atom. The highest BCUT2D eigenvalue weighted by Crippen LogP contribution is 2.13. The molecule has 1 rings (SSSR count). The van der Waals surface area contributed by atoms with Gasteiger partial charge in [-0.05, 0) is 12.5 Å². The molecule has 1 unspecified atom stereocenters. The maximum atomic E-state index is 10.6. The summed E-state index contributed by atoms with van der Waals surface area (Å²) in [6.07, 6.45) is 0.197. The Bertz CT molecular complexity index is 292. The second-order valence-corrected chi connectivity index (χ2v) is 3.19. The van der Waals surface area contributed by atoms with Crippen LogP contribution in [-0.4, -0.2) is 5.91 Å². The van der Waals surface area contributed by atoms with Crippen molar-refractivity contribution in [1.29, 1.82) is 0 Å². The van der Waals surface area contributed by atoms with Crippen LogP contribution >= 0.6 is 0 Å². The van der Waals surface area contributed by atoms with E-state index in [1.165, 1.54) is 5.56 Å². The van der Waals surface area contributed by atoms with E-state index in [-0.39, 0.29) is 18.4 Å². The summed E-state index contributed by atoms with van der Waals surface area (Å²) < 4.78 is 0. The van der Waals surface area contributed by atoms with E-state index in [9.17, 15) is 4.79 Å². The van der Waals surface area contributed by atoms with Crippen molar-refractivity contribution in [2.24, 2.45) is 11.5 Å². The first kappa shape index (κ1) is 9.74. The molecule has 0 aromatic heterocycles. The third-order valence-corrected chi connectivity index (χ3v) is 1.93. The summed E-state index contributed by atoms with van der Waals surface area (Å²) in [6.45, 7) is 2.00. The van der Waals surface area contributed by atoms with Crippen molar-refractivity contribution in [3.8, 4) is 0 Å². The van der Waals surface area contributed by atoms with E-state index < -0.39 is 0 Å². The molecule has 3 heteroatoms. The van der Waals surface area contributed by atoms with Gasteiger partial charge in [0.1, 0.15) is 0 Å². The third-order valence-electron chi connectivity index (χ3n) is 1.93. The number of rotatable bonds is 3. The molecular weight excluding hydrogens is 164 g/mol. The topological polar surface area (TPSA) is 69.1 Å². The molecule has 0 spiro atoms. The minimum absolute atomic E-state index is 0.197. The first-order valence-electron chi connectivity index (χ1n) is 4.20. The Kier molecular flexibility index (Phi) is 3.03. The van der Waals surface area contributed by atoms with Crippen molar-refractivity contribution in [1.82, 2.24) is 0 Å². The number of carbonyl (C=O) groups excluding carboxylic acids is 1. The van der Waals surface area contributed by atoms with E-state index in [4.69, 9.17) is 11.5 Å². The third kappa shape index (κ3) is 2.87. The van der Waals surface area contributed by atoms with E-state index in [2.05, 4.69) is 0 Å². The van der Waals surface area contributed by atoms with Crippen LogP contribution in [-0.2, 0) is 4.79 Å². The molecule has 0 aliphatic heterocycles. The Labute approximate surface area is 77.7 Å². The lowest BCUT2D eigenvalue weighted by atomic mass is 10.0. The highest BCUT2D eigenvalue weighted by molar-refractivity contribution is 5.74. The van der Waals surface area contributed by atoms with Gasteiger partial charge in [-0.15, -0.1) is 0 Å². The van der Waals surface area contributed by atoms with Gasteiger partial charge in [0, 0.05) is 12.5 Å². The van der Waals surface area contributed by atoms with Gasteiger partial charge in [0.05, 0.1) is 0 Å². The summed E-state index contributed by atoms with van der Waals surface area (Å²) in [6, 6.07) is 7.50. The molecule has 3 nitrogen and oxygen atoms in total. The Morgan fingerprint density at radius 1 is 1.38 bits per heavy atom. The molecule has 0 saturated heterocycles. The van der Waals surface area contributed by atoms with E-state index in [0.29, 0.717) is 0 Å². The van der Waals surface area contributed by atoms with E-state index in [1.807, 2.05) is 31.2 Å². The highest BCUT2D eigenvalue weighted by atomic mass is 16.1. The van der Waals surface area contributed by atoms with Crippen molar-refractivity contribution in [2.75, 3.05) is 0 Å². The molecule has 0 heterocycles. The van der Waals surface area contributed by atoms with E-state index in [1.54, 1.807) is 0 Å². The fraction of sp³-hybridized carbons (Fsp3) is 0.300. The SMILES string of the molecule is Cc1ccc(C(N)CC(N)=O)cc1. The molecule has 0 saturated carbocycles.